The zero-order valence-electron chi connectivity index (χ0n) is 15.0. The topological polar surface area (TPSA) is 82.3 Å². The lowest BCUT2D eigenvalue weighted by Gasteiger charge is -2.23. The van der Waals surface area contributed by atoms with Gasteiger partial charge in [0.2, 0.25) is 5.88 Å². The largest absolute Gasteiger partial charge is 0.439 e. The number of nitrogens with one attached hydrogen (secondary N) is 1. The average molecular weight is 362 g/mol. The van der Waals surface area contributed by atoms with E-state index in [2.05, 4.69) is 21.4 Å². The van der Waals surface area contributed by atoms with E-state index in [1.165, 1.54) is 0 Å². The second kappa shape index (κ2) is 8.05. The van der Waals surface area contributed by atoms with Crippen molar-refractivity contribution in [3.05, 3.63) is 66.5 Å². The molecule has 1 aromatic carbocycles. The molecule has 0 unspecified atom stereocenters. The molecular weight excluding hydrogens is 340 g/mol. The monoisotopic (exact) mass is 362 g/mol. The molecule has 1 fully saturated rings. The van der Waals surface area contributed by atoms with Gasteiger partial charge in [0.25, 0.3) is 0 Å². The lowest BCUT2D eigenvalue weighted by atomic mass is 9.92. The number of nitrogen functional groups attached to an aromatic ring is 1. The van der Waals surface area contributed by atoms with Crippen LogP contribution >= 0.6 is 0 Å². The summed E-state index contributed by atoms with van der Waals surface area (Å²) in [5, 5.41) is 3.23. The molecule has 138 valence electrons. The van der Waals surface area contributed by atoms with Crippen LogP contribution in [-0.4, -0.2) is 23.2 Å². The van der Waals surface area contributed by atoms with Crippen molar-refractivity contribution in [2.75, 3.05) is 24.3 Å². The standard InChI is InChI=1S/C21H22N4O2/c22-16-3-8-20(24-14-16)25-17-4-6-18(7-5-17)27-21-19(2-1-11-23-21)15-9-12-26-13-10-15/h1-8,11,14-15H,9-10,12-13,22H2,(H,24,25). The highest BCUT2D eigenvalue weighted by Crippen LogP contribution is 2.34. The van der Waals surface area contributed by atoms with Crippen molar-refractivity contribution >= 4 is 17.2 Å². The molecule has 27 heavy (non-hydrogen) atoms. The number of nitrogens with two attached hydrogens (primary N) is 1. The highest BCUT2D eigenvalue weighted by Gasteiger charge is 2.20. The van der Waals surface area contributed by atoms with Crippen LogP contribution in [0, 0.1) is 0 Å². The van der Waals surface area contributed by atoms with E-state index in [1.54, 1.807) is 12.4 Å². The predicted octanol–water partition coefficient (Wildman–Crippen LogP) is 4.49. The van der Waals surface area contributed by atoms with Crippen LogP contribution in [0.15, 0.2) is 60.9 Å². The van der Waals surface area contributed by atoms with Crippen LogP contribution < -0.4 is 15.8 Å². The van der Waals surface area contributed by atoms with Crippen molar-refractivity contribution in [1.82, 2.24) is 9.97 Å². The summed E-state index contributed by atoms with van der Waals surface area (Å²) in [6.45, 7) is 1.58. The normalized spacial score (nSPS) is 14.7. The smallest absolute Gasteiger partial charge is 0.222 e. The number of anilines is 3. The van der Waals surface area contributed by atoms with E-state index in [-0.39, 0.29) is 0 Å². The Morgan fingerprint density at radius 3 is 2.56 bits per heavy atom. The van der Waals surface area contributed by atoms with Gasteiger partial charge in [-0.05, 0) is 61.2 Å². The molecule has 3 heterocycles. The minimum absolute atomic E-state index is 0.431. The van der Waals surface area contributed by atoms with Crippen LogP contribution in [0.5, 0.6) is 11.6 Å². The summed E-state index contributed by atoms with van der Waals surface area (Å²) in [5.41, 5.74) is 8.37. The van der Waals surface area contributed by atoms with Gasteiger partial charge in [-0.1, -0.05) is 6.07 Å². The summed E-state index contributed by atoms with van der Waals surface area (Å²) in [4.78, 5) is 8.69. The molecule has 0 spiro atoms. The molecule has 6 nitrogen and oxygen atoms in total. The van der Waals surface area contributed by atoms with Crippen LogP contribution in [0.2, 0.25) is 0 Å². The van der Waals surface area contributed by atoms with Gasteiger partial charge in [-0.25, -0.2) is 9.97 Å². The molecule has 0 amide bonds. The van der Waals surface area contributed by atoms with E-state index >= 15 is 0 Å². The Hall–Kier alpha value is -3.12. The number of pyridine rings is 2. The first kappa shape index (κ1) is 17.3. The minimum atomic E-state index is 0.431. The molecule has 1 aliphatic heterocycles. The van der Waals surface area contributed by atoms with Gasteiger partial charge in [0.15, 0.2) is 0 Å². The van der Waals surface area contributed by atoms with E-state index in [0.29, 0.717) is 17.5 Å². The molecule has 0 aliphatic carbocycles. The number of ether oxygens (including phenoxy) is 2. The summed E-state index contributed by atoms with van der Waals surface area (Å²) in [7, 11) is 0. The first-order valence-corrected chi connectivity index (χ1v) is 9.07. The maximum Gasteiger partial charge on any atom is 0.222 e. The molecule has 3 N–H and O–H groups in total. The number of hydrogen-bond acceptors (Lipinski definition) is 6. The van der Waals surface area contributed by atoms with Crippen molar-refractivity contribution in [3.8, 4) is 11.6 Å². The summed E-state index contributed by atoms with van der Waals surface area (Å²) in [6.07, 6.45) is 5.39. The molecule has 6 heteroatoms. The second-order valence-corrected chi connectivity index (χ2v) is 6.51. The zero-order valence-corrected chi connectivity index (χ0v) is 15.0. The second-order valence-electron chi connectivity index (χ2n) is 6.51. The third-order valence-corrected chi connectivity index (χ3v) is 4.59. The third-order valence-electron chi connectivity index (χ3n) is 4.59. The molecular formula is C21H22N4O2. The Balaban J connectivity index is 1.46. The number of aromatic nitrogens is 2. The van der Waals surface area contributed by atoms with Crippen LogP contribution in [0.3, 0.4) is 0 Å². The van der Waals surface area contributed by atoms with Gasteiger partial charge >= 0.3 is 0 Å². The fourth-order valence-corrected chi connectivity index (χ4v) is 3.15. The van der Waals surface area contributed by atoms with E-state index < -0.39 is 0 Å². The highest BCUT2D eigenvalue weighted by atomic mass is 16.5. The van der Waals surface area contributed by atoms with Gasteiger partial charge in [0, 0.05) is 30.7 Å². The van der Waals surface area contributed by atoms with Gasteiger partial charge in [0.1, 0.15) is 11.6 Å². The SMILES string of the molecule is Nc1ccc(Nc2ccc(Oc3ncccc3C3CCOCC3)cc2)nc1. The van der Waals surface area contributed by atoms with Gasteiger partial charge < -0.3 is 20.5 Å². The molecule has 0 saturated carbocycles. The van der Waals surface area contributed by atoms with E-state index in [4.69, 9.17) is 15.2 Å². The predicted molar refractivity (Wildman–Crippen MR) is 105 cm³/mol. The number of hydrogen-bond donors (Lipinski definition) is 2. The first-order valence-electron chi connectivity index (χ1n) is 9.07. The lowest BCUT2D eigenvalue weighted by Crippen LogP contribution is -2.15. The zero-order chi connectivity index (χ0) is 18.5. The Bertz CT molecular complexity index is 875. The van der Waals surface area contributed by atoms with Gasteiger partial charge in [0.05, 0.1) is 11.9 Å². The van der Waals surface area contributed by atoms with Crippen molar-refractivity contribution < 1.29 is 9.47 Å². The van der Waals surface area contributed by atoms with Crippen LogP contribution in [0.1, 0.15) is 24.3 Å². The quantitative estimate of drug-likeness (QED) is 0.696. The summed E-state index contributed by atoms with van der Waals surface area (Å²) in [5.74, 6) is 2.59. The van der Waals surface area contributed by atoms with E-state index in [1.807, 2.05) is 42.5 Å². The molecule has 1 aliphatic rings. The Labute approximate surface area is 158 Å². The fourth-order valence-electron chi connectivity index (χ4n) is 3.15. The molecule has 4 rings (SSSR count). The maximum absolute atomic E-state index is 6.07. The van der Waals surface area contributed by atoms with Crippen molar-refractivity contribution in [2.45, 2.75) is 18.8 Å². The molecule has 1 saturated heterocycles. The third kappa shape index (κ3) is 4.35. The van der Waals surface area contributed by atoms with E-state index in [0.717, 1.165) is 48.9 Å². The number of rotatable bonds is 5. The van der Waals surface area contributed by atoms with Crippen molar-refractivity contribution in [3.63, 3.8) is 0 Å². The summed E-state index contributed by atoms with van der Waals surface area (Å²) >= 11 is 0. The fraction of sp³-hybridized carbons (Fsp3) is 0.238. The van der Waals surface area contributed by atoms with Gasteiger partial charge in [-0.2, -0.15) is 0 Å². The number of nitrogens with zero attached hydrogens (tertiary/aromatic N) is 2. The average Bonchev–Trinajstić information content (AvgIpc) is 2.72. The first-order chi connectivity index (χ1) is 13.3. The maximum atomic E-state index is 6.07. The molecule has 0 radical (unpaired) electrons. The molecule has 0 atom stereocenters. The minimum Gasteiger partial charge on any atom is -0.439 e. The van der Waals surface area contributed by atoms with E-state index in [9.17, 15) is 0 Å². The molecule has 2 aromatic heterocycles. The number of benzene rings is 1. The summed E-state index contributed by atoms with van der Waals surface area (Å²) in [6, 6.07) is 15.4. The Morgan fingerprint density at radius 2 is 1.81 bits per heavy atom. The van der Waals surface area contributed by atoms with Gasteiger partial charge in [-0.3, -0.25) is 0 Å². The van der Waals surface area contributed by atoms with Crippen molar-refractivity contribution in [2.24, 2.45) is 0 Å². The van der Waals surface area contributed by atoms with Crippen LogP contribution in [0.25, 0.3) is 0 Å². The van der Waals surface area contributed by atoms with Crippen molar-refractivity contribution in [1.29, 1.82) is 0 Å². The Morgan fingerprint density at radius 1 is 1.00 bits per heavy atom. The molecule has 3 aromatic rings. The Kier molecular flexibility index (Phi) is 5.16. The van der Waals surface area contributed by atoms with Crippen LogP contribution in [-0.2, 0) is 4.74 Å². The summed E-state index contributed by atoms with van der Waals surface area (Å²) < 4.78 is 11.5. The van der Waals surface area contributed by atoms with Gasteiger partial charge in [-0.15, -0.1) is 0 Å². The lowest BCUT2D eigenvalue weighted by molar-refractivity contribution is 0.0848. The highest BCUT2D eigenvalue weighted by molar-refractivity contribution is 5.58. The van der Waals surface area contributed by atoms with Crippen LogP contribution in [0.4, 0.5) is 17.2 Å². The molecule has 0 bridgehead atoms.